The van der Waals surface area contributed by atoms with Gasteiger partial charge in [-0.15, -0.1) is 0 Å². The molecule has 0 aliphatic carbocycles. The monoisotopic (exact) mass is 331 g/mol. The molecule has 24 heavy (non-hydrogen) atoms. The van der Waals surface area contributed by atoms with Crippen LogP contribution in [-0.4, -0.2) is 25.5 Å². The van der Waals surface area contributed by atoms with E-state index in [0.717, 1.165) is 35.7 Å². The lowest BCUT2D eigenvalue weighted by atomic mass is 10.1. The lowest BCUT2D eigenvalue weighted by Gasteiger charge is -2.14. The highest BCUT2D eigenvalue weighted by molar-refractivity contribution is 5.91. The summed E-state index contributed by atoms with van der Waals surface area (Å²) in [6.45, 7) is 13.4. The minimum Gasteiger partial charge on any atom is -0.311 e. The fraction of sp³-hybridized carbons (Fsp3) is 0.611. The number of anilines is 1. The standard InChI is InChI=1S/C18H29N5O/c1-7-13(4)23-17(8-9-19-23)20-18(24)10-16-14(5)21-22(15(16)6)11-12(2)3/h8-9,12-13H,7,10-11H2,1-6H3,(H,20,24). The number of hydrogen-bond acceptors (Lipinski definition) is 3. The highest BCUT2D eigenvalue weighted by atomic mass is 16.1. The maximum absolute atomic E-state index is 12.5. The average Bonchev–Trinajstić information content (AvgIpc) is 3.06. The molecule has 2 aromatic rings. The summed E-state index contributed by atoms with van der Waals surface area (Å²) in [5, 5.41) is 11.9. The predicted octanol–water partition coefficient (Wildman–Crippen LogP) is 3.50. The molecule has 1 atom stereocenters. The molecular weight excluding hydrogens is 302 g/mol. The van der Waals surface area contributed by atoms with E-state index in [9.17, 15) is 4.79 Å². The van der Waals surface area contributed by atoms with Crippen LogP contribution in [0.15, 0.2) is 12.3 Å². The molecular formula is C18H29N5O. The highest BCUT2D eigenvalue weighted by Gasteiger charge is 2.17. The van der Waals surface area contributed by atoms with Gasteiger partial charge in [-0.2, -0.15) is 10.2 Å². The van der Waals surface area contributed by atoms with Crippen molar-refractivity contribution in [2.24, 2.45) is 5.92 Å². The number of amides is 1. The quantitative estimate of drug-likeness (QED) is 0.844. The van der Waals surface area contributed by atoms with E-state index in [4.69, 9.17) is 0 Å². The van der Waals surface area contributed by atoms with Crippen LogP contribution < -0.4 is 5.32 Å². The zero-order chi connectivity index (χ0) is 17.9. The van der Waals surface area contributed by atoms with Crippen molar-refractivity contribution in [3.8, 4) is 0 Å². The van der Waals surface area contributed by atoms with Crippen molar-refractivity contribution in [2.45, 2.75) is 67.0 Å². The molecule has 0 radical (unpaired) electrons. The second kappa shape index (κ2) is 7.64. The van der Waals surface area contributed by atoms with Crippen LogP contribution in [0.3, 0.4) is 0 Å². The second-order valence-electron chi connectivity index (χ2n) is 6.87. The first-order chi connectivity index (χ1) is 11.3. The third-order valence-corrected chi connectivity index (χ3v) is 4.35. The van der Waals surface area contributed by atoms with Gasteiger partial charge in [0.15, 0.2) is 0 Å². The first-order valence-corrected chi connectivity index (χ1v) is 8.69. The number of rotatable bonds is 7. The van der Waals surface area contributed by atoms with E-state index in [1.807, 2.05) is 29.3 Å². The Labute approximate surface area is 144 Å². The van der Waals surface area contributed by atoms with Gasteiger partial charge in [0.25, 0.3) is 0 Å². The predicted molar refractivity (Wildman–Crippen MR) is 96.1 cm³/mol. The van der Waals surface area contributed by atoms with Crippen LogP contribution in [0, 0.1) is 19.8 Å². The van der Waals surface area contributed by atoms with Gasteiger partial charge in [0.05, 0.1) is 24.4 Å². The molecule has 6 nitrogen and oxygen atoms in total. The Balaban J connectivity index is 2.11. The van der Waals surface area contributed by atoms with Crippen LogP contribution >= 0.6 is 0 Å². The van der Waals surface area contributed by atoms with Crippen molar-refractivity contribution in [3.63, 3.8) is 0 Å². The Hall–Kier alpha value is -2.11. The third-order valence-electron chi connectivity index (χ3n) is 4.35. The molecule has 1 unspecified atom stereocenters. The van der Waals surface area contributed by atoms with Crippen LogP contribution in [0.1, 0.15) is 57.1 Å². The van der Waals surface area contributed by atoms with Crippen molar-refractivity contribution in [2.75, 3.05) is 5.32 Å². The van der Waals surface area contributed by atoms with Gasteiger partial charge in [-0.3, -0.25) is 9.48 Å². The Morgan fingerprint density at radius 3 is 2.62 bits per heavy atom. The molecule has 132 valence electrons. The summed E-state index contributed by atoms with van der Waals surface area (Å²) in [5.74, 6) is 1.24. The van der Waals surface area contributed by atoms with Crippen LogP contribution in [0.25, 0.3) is 0 Å². The summed E-state index contributed by atoms with van der Waals surface area (Å²) in [6, 6.07) is 2.10. The van der Waals surface area contributed by atoms with Gasteiger partial charge in [-0.1, -0.05) is 20.8 Å². The van der Waals surface area contributed by atoms with Gasteiger partial charge in [-0.05, 0) is 33.1 Å². The van der Waals surface area contributed by atoms with Gasteiger partial charge in [0, 0.05) is 23.9 Å². The molecule has 2 heterocycles. The van der Waals surface area contributed by atoms with Crippen LogP contribution in [-0.2, 0) is 17.8 Å². The Morgan fingerprint density at radius 2 is 2.00 bits per heavy atom. The fourth-order valence-electron chi connectivity index (χ4n) is 2.80. The molecule has 1 N–H and O–H groups in total. The fourth-order valence-corrected chi connectivity index (χ4v) is 2.80. The summed E-state index contributed by atoms with van der Waals surface area (Å²) in [7, 11) is 0. The maximum Gasteiger partial charge on any atom is 0.230 e. The molecule has 2 aromatic heterocycles. The van der Waals surface area contributed by atoms with Crippen LogP contribution in [0.2, 0.25) is 0 Å². The second-order valence-corrected chi connectivity index (χ2v) is 6.87. The van der Waals surface area contributed by atoms with E-state index in [-0.39, 0.29) is 11.9 Å². The first-order valence-electron chi connectivity index (χ1n) is 8.69. The molecule has 0 aromatic carbocycles. The maximum atomic E-state index is 12.5. The van der Waals surface area contributed by atoms with E-state index in [0.29, 0.717) is 12.3 Å². The lowest BCUT2D eigenvalue weighted by Crippen LogP contribution is -2.19. The molecule has 0 fully saturated rings. The summed E-state index contributed by atoms with van der Waals surface area (Å²) in [6.07, 6.45) is 3.02. The zero-order valence-corrected chi connectivity index (χ0v) is 15.6. The molecule has 0 aliphatic rings. The summed E-state index contributed by atoms with van der Waals surface area (Å²) < 4.78 is 3.87. The topological polar surface area (TPSA) is 64.7 Å². The lowest BCUT2D eigenvalue weighted by molar-refractivity contribution is -0.115. The molecule has 1 amide bonds. The Bertz CT molecular complexity index is 698. The molecule has 0 bridgehead atoms. The summed E-state index contributed by atoms with van der Waals surface area (Å²) >= 11 is 0. The number of carbonyl (C=O) groups is 1. The summed E-state index contributed by atoms with van der Waals surface area (Å²) in [5.41, 5.74) is 3.02. The minimum absolute atomic E-state index is 0.0321. The number of nitrogens with one attached hydrogen (secondary N) is 1. The van der Waals surface area contributed by atoms with Gasteiger partial charge in [0.1, 0.15) is 5.82 Å². The van der Waals surface area contributed by atoms with E-state index >= 15 is 0 Å². The largest absolute Gasteiger partial charge is 0.311 e. The minimum atomic E-state index is -0.0321. The molecule has 2 rings (SSSR count). The van der Waals surface area contributed by atoms with Crippen molar-refractivity contribution >= 4 is 11.7 Å². The van der Waals surface area contributed by atoms with Gasteiger partial charge in [-0.25, -0.2) is 4.68 Å². The van der Waals surface area contributed by atoms with Crippen LogP contribution in [0.4, 0.5) is 5.82 Å². The number of nitrogens with zero attached hydrogens (tertiary/aromatic N) is 4. The van der Waals surface area contributed by atoms with Gasteiger partial charge in [0.2, 0.25) is 5.91 Å². The van der Waals surface area contributed by atoms with E-state index in [1.165, 1.54) is 0 Å². The average molecular weight is 331 g/mol. The van der Waals surface area contributed by atoms with Gasteiger partial charge < -0.3 is 5.32 Å². The van der Waals surface area contributed by atoms with Crippen LogP contribution in [0.5, 0.6) is 0 Å². The number of aromatic nitrogens is 4. The van der Waals surface area contributed by atoms with Crippen molar-refractivity contribution in [1.82, 2.24) is 19.6 Å². The number of aryl methyl sites for hydroxylation is 1. The van der Waals surface area contributed by atoms with E-state index in [2.05, 4.69) is 43.2 Å². The van der Waals surface area contributed by atoms with Crippen molar-refractivity contribution in [3.05, 3.63) is 29.2 Å². The smallest absolute Gasteiger partial charge is 0.230 e. The Morgan fingerprint density at radius 1 is 1.29 bits per heavy atom. The molecule has 0 spiro atoms. The number of carbonyl (C=O) groups excluding carboxylic acids is 1. The Kier molecular flexibility index (Phi) is 5.80. The number of hydrogen-bond donors (Lipinski definition) is 1. The van der Waals surface area contributed by atoms with Crippen molar-refractivity contribution in [1.29, 1.82) is 0 Å². The van der Waals surface area contributed by atoms with E-state index in [1.54, 1.807) is 6.20 Å². The molecule has 0 saturated heterocycles. The van der Waals surface area contributed by atoms with Gasteiger partial charge >= 0.3 is 0 Å². The third kappa shape index (κ3) is 4.04. The normalized spacial score (nSPS) is 12.6. The SMILES string of the molecule is CCC(C)n1nccc1NC(=O)Cc1c(C)nn(CC(C)C)c1C. The highest BCUT2D eigenvalue weighted by Crippen LogP contribution is 2.19. The van der Waals surface area contributed by atoms with E-state index < -0.39 is 0 Å². The zero-order valence-electron chi connectivity index (χ0n) is 15.6. The molecule has 0 saturated carbocycles. The molecule has 6 heteroatoms. The molecule has 0 aliphatic heterocycles. The van der Waals surface area contributed by atoms with Crippen molar-refractivity contribution < 1.29 is 4.79 Å². The first kappa shape index (κ1) is 18.2. The summed E-state index contributed by atoms with van der Waals surface area (Å²) in [4.78, 5) is 12.5.